The summed E-state index contributed by atoms with van der Waals surface area (Å²) in [6, 6.07) is 11.5. The lowest BCUT2D eigenvalue weighted by Gasteiger charge is -2.18. The molecular formula is C16H13BrFNO3. The van der Waals surface area contributed by atoms with Gasteiger partial charge in [0.1, 0.15) is 5.82 Å². The van der Waals surface area contributed by atoms with Gasteiger partial charge in [0.25, 0.3) is 5.91 Å². The molecule has 0 radical (unpaired) electrons. The van der Waals surface area contributed by atoms with Crippen LogP contribution in [0.25, 0.3) is 0 Å². The van der Waals surface area contributed by atoms with Crippen molar-refractivity contribution in [1.29, 1.82) is 0 Å². The van der Waals surface area contributed by atoms with Gasteiger partial charge in [0.05, 0.1) is 12.5 Å². The van der Waals surface area contributed by atoms with Crippen molar-refractivity contribution in [2.24, 2.45) is 0 Å². The number of hydrogen-bond acceptors (Lipinski definition) is 2. The molecule has 22 heavy (non-hydrogen) atoms. The number of carbonyl (C=O) groups is 2. The van der Waals surface area contributed by atoms with Crippen LogP contribution in [0.5, 0.6) is 0 Å². The molecule has 0 heterocycles. The third kappa shape index (κ3) is 4.14. The van der Waals surface area contributed by atoms with E-state index in [2.05, 4.69) is 21.2 Å². The molecule has 0 aliphatic rings. The Labute approximate surface area is 135 Å². The normalized spacial score (nSPS) is 11.7. The number of halogens is 2. The minimum Gasteiger partial charge on any atom is -0.481 e. The Morgan fingerprint density at radius 2 is 1.91 bits per heavy atom. The molecule has 6 heteroatoms. The first-order valence-electron chi connectivity index (χ1n) is 6.50. The average molecular weight is 366 g/mol. The van der Waals surface area contributed by atoms with Crippen LogP contribution in [-0.2, 0) is 4.79 Å². The number of carbonyl (C=O) groups excluding carboxylic acids is 1. The summed E-state index contributed by atoms with van der Waals surface area (Å²) in [4.78, 5) is 23.2. The summed E-state index contributed by atoms with van der Waals surface area (Å²) in [5.41, 5.74) is 0.509. The van der Waals surface area contributed by atoms with Gasteiger partial charge in [0.15, 0.2) is 0 Å². The highest BCUT2D eigenvalue weighted by Crippen LogP contribution is 2.21. The Kier molecular flexibility index (Phi) is 5.27. The second kappa shape index (κ2) is 7.17. The predicted molar refractivity (Wildman–Crippen MR) is 83.0 cm³/mol. The maximum atomic E-state index is 13.9. The summed E-state index contributed by atoms with van der Waals surface area (Å²) >= 11 is 3.26. The summed E-state index contributed by atoms with van der Waals surface area (Å²) in [6.45, 7) is 0. The molecule has 0 fully saturated rings. The molecule has 114 valence electrons. The average Bonchev–Trinajstić information content (AvgIpc) is 2.46. The molecule has 0 aromatic heterocycles. The van der Waals surface area contributed by atoms with E-state index < -0.39 is 30.2 Å². The predicted octanol–water partition coefficient (Wildman–Crippen LogP) is 3.53. The van der Waals surface area contributed by atoms with Gasteiger partial charge in [-0.05, 0) is 24.3 Å². The highest BCUT2D eigenvalue weighted by molar-refractivity contribution is 9.10. The number of hydrogen-bond donors (Lipinski definition) is 2. The molecule has 4 nitrogen and oxygen atoms in total. The van der Waals surface area contributed by atoms with E-state index in [0.29, 0.717) is 5.56 Å². The largest absolute Gasteiger partial charge is 0.481 e. The van der Waals surface area contributed by atoms with E-state index in [-0.39, 0.29) is 5.56 Å². The van der Waals surface area contributed by atoms with E-state index in [0.717, 1.165) is 4.47 Å². The van der Waals surface area contributed by atoms with Gasteiger partial charge in [-0.3, -0.25) is 9.59 Å². The molecule has 1 atom stereocenters. The quantitative estimate of drug-likeness (QED) is 0.851. The van der Waals surface area contributed by atoms with Crippen LogP contribution in [-0.4, -0.2) is 17.0 Å². The zero-order valence-electron chi connectivity index (χ0n) is 11.4. The van der Waals surface area contributed by atoms with Crippen LogP contribution in [0.3, 0.4) is 0 Å². The van der Waals surface area contributed by atoms with Crippen molar-refractivity contribution in [3.05, 3.63) is 69.9 Å². The van der Waals surface area contributed by atoms with Gasteiger partial charge in [-0.25, -0.2) is 4.39 Å². The number of carboxylic acids is 1. The number of benzene rings is 2. The van der Waals surface area contributed by atoms with Gasteiger partial charge in [0, 0.05) is 15.6 Å². The van der Waals surface area contributed by atoms with Crippen molar-refractivity contribution >= 4 is 27.8 Å². The van der Waals surface area contributed by atoms with E-state index in [1.807, 2.05) is 0 Å². The van der Waals surface area contributed by atoms with E-state index in [1.54, 1.807) is 30.3 Å². The standard InChI is InChI=1S/C16H13BrFNO3/c17-11-5-3-4-10(8-11)16(22)19-14(9-15(20)21)12-6-1-2-7-13(12)18/h1-8,14H,9H2,(H,19,22)(H,20,21). The molecule has 0 saturated heterocycles. The molecule has 0 aliphatic heterocycles. The maximum Gasteiger partial charge on any atom is 0.305 e. The van der Waals surface area contributed by atoms with E-state index in [1.165, 1.54) is 18.2 Å². The van der Waals surface area contributed by atoms with Crippen molar-refractivity contribution in [2.75, 3.05) is 0 Å². The molecule has 2 N–H and O–H groups in total. The number of rotatable bonds is 5. The summed E-state index contributed by atoms with van der Waals surface area (Å²) in [7, 11) is 0. The lowest BCUT2D eigenvalue weighted by Crippen LogP contribution is -2.30. The zero-order chi connectivity index (χ0) is 16.1. The van der Waals surface area contributed by atoms with Crippen molar-refractivity contribution in [2.45, 2.75) is 12.5 Å². The Hall–Kier alpha value is -2.21. The highest BCUT2D eigenvalue weighted by Gasteiger charge is 2.21. The van der Waals surface area contributed by atoms with Crippen LogP contribution in [0, 0.1) is 5.82 Å². The summed E-state index contributed by atoms with van der Waals surface area (Å²) in [5, 5.41) is 11.6. The van der Waals surface area contributed by atoms with Gasteiger partial charge in [-0.15, -0.1) is 0 Å². The number of amides is 1. The van der Waals surface area contributed by atoms with E-state index in [9.17, 15) is 14.0 Å². The molecule has 2 rings (SSSR count). The third-order valence-electron chi connectivity index (χ3n) is 3.05. The van der Waals surface area contributed by atoms with Crippen LogP contribution in [0.1, 0.15) is 28.4 Å². The fraction of sp³-hybridized carbons (Fsp3) is 0.125. The fourth-order valence-corrected chi connectivity index (χ4v) is 2.44. The second-order valence-electron chi connectivity index (χ2n) is 4.66. The van der Waals surface area contributed by atoms with Crippen molar-refractivity contribution in [3.63, 3.8) is 0 Å². The van der Waals surface area contributed by atoms with E-state index >= 15 is 0 Å². The minimum absolute atomic E-state index is 0.147. The van der Waals surface area contributed by atoms with Gasteiger partial charge < -0.3 is 10.4 Å². The SMILES string of the molecule is O=C(O)CC(NC(=O)c1cccc(Br)c1)c1ccccc1F. The van der Waals surface area contributed by atoms with Crippen molar-refractivity contribution in [3.8, 4) is 0 Å². The van der Waals surface area contributed by atoms with Gasteiger partial charge in [-0.2, -0.15) is 0 Å². The number of carboxylic acid groups (broad SMARTS) is 1. The molecular weight excluding hydrogens is 353 g/mol. The molecule has 2 aromatic carbocycles. The first-order chi connectivity index (χ1) is 10.5. The maximum absolute atomic E-state index is 13.9. The summed E-state index contributed by atoms with van der Waals surface area (Å²) in [6.07, 6.45) is -0.402. The molecule has 0 aliphatic carbocycles. The lowest BCUT2D eigenvalue weighted by molar-refractivity contribution is -0.137. The Morgan fingerprint density at radius 1 is 1.18 bits per heavy atom. The monoisotopic (exact) mass is 365 g/mol. The summed E-state index contributed by atoms with van der Waals surface area (Å²) in [5.74, 6) is -2.14. The topological polar surface area (TPSA) is 66.4 Å². The number of aliphatic carboxylic acids is 1. The summed E-state index contributed by atoms with van der Waals surface area (Å²) < 4.78 is 14.6. The number of nitrogens with one attached hydrogen (secondary N) is 1. The van der Waals surface area contributed by atoms with Gasteiger partial charge >= 0.3 is 5.97 Å². The van der Waals surface area contributed by atoms with Crippen LogP contribution >= 0.6 is 15.9 Å². The minimum atomic E-state index is -1.12. The van der Waals surface area contributed by atoms with E-state index in [4.69, 9.17) is 5.11 Å². The van der Waals surface area contributed by atoms with Crippen LogP contribution < -0.4 is 5.32 Å². The first kappa shape index (κ1) is 16.2. The molecule has 1 amide bonds. The first-order valence-corrected chi connectivity index (χ1v) is 7.29. The lowest BCUT2D eigenvalue weighted by atomic mass is 10.0. The molecule has 2 aromatic rings. The zero-order valence-corrected chi connectivity index (χ0v) is 13.0. The fourth-order valence-electron chi connectivity index (χ4n) is 2.04. The van der Waals surface area contributed by atoms with Crippen LogP contribution in [0.15, 0.2) is 53.0 Å². The second-order valence-corrected chi connectivity index (χ2v) is 5.57. The van der Waals surface area contributed by atoms with Crippen LogP contribution in [0.4, 0.5) is 4.39 Å². The van der Waals surface area contributed by atoms with Gasteiger partial charge in [0.2, 0.25) is 0 Å². The third-order valence-corrected chi connectivity index (χ3v) is 3.54. The molecule has 1 unspecified atom stereocenters. The van der Waals surface area contributed by atoms with Crippen molar-refractivity contribution < 1.29 is 19.1 Å². The van der Waals surface area contributed by atoms with Gasteiger partial charge in [-0.1, -0.05) is 40.2 Å². The molecule has 0 saturated carbocycles. The molecule has 0 spiro atoms. The van der Waals surface area contributed by atoms with Crippen LogP contribution in [0.2, 0.25) is 0 Å². The van der Waals surface area contributed by atoms with Crippen molar-refractivity contribution in [1.82, 2.24) is 5.32 Å². The Morgan fingerprint density at radius 3 is 2.55 bits per heavy atom. The highest BCUT2D eigenvalue weighted by atomic mass is 79.9. The Bertz CT molecular complexity index is 705. The smallest absolute Gasteiger partial charge is 0.305 e. The Balaban J connectivity index is 2.25. The molecule has 0 bridgehead atoms.